The van der Waals surface area contributed by atoms with E-state index in [9.17, 15) is 13.2 Å². The molecule has 0 N–H and O–H groups in total. The van der Waals surface area contributed by atoms with Gasteiger partial charge in [0.05, 0.1) is 10.0 Å². The zero-order valence-electron chi connectivity index (χ0n) is 9.27. The van der Waals surface area contributed by atoms with E-state index in [0.717, 1.165) is 10.4 Å². The van der Waals surface area contributed by atoms with E-state index in [2.05, 4.69) is 6.58 Å². The average Bonchev–Trinajstić information content (AvgIpc) is 2.02. The zero-order chi connectivity index (χ0) is 11.5. The minimum Gasteiger partial charge on any atom is -0.411 e. The van der Waals surface area contributed by atoms with Gasteiger partial charge in [0.25, 0.3) is 0 Å². The summed E-state index contributed by atoms with van der Waals surface area (Å²) in [6.45, 7) is 9.27. The minimum absolute atomic E-state index is 0. The van der Waals surface area contributed by atoms with Crippen molar-refractivity contribution in [2.24, 2.45) is 0 Å². The number of sulfonamides is 1. The Hall–Kier alpha value is -0.152. The summed E-state index contributed by atoms with van der Waals surface area (Å²) in [5.74, 6) is -0.633. The Morgan fingerprint density at radius 2 is 1.67 bits per heavy atom. The first-order valence-electron chi connectivity index (χ1n) is 4.07. The molecule has 86 valence electrons. The van der Waals surface area contributed by atoms with Crippen LogP contribution in [0.4, 0.5) is 0 Å². The Labute approximate surface area is 106 Å². The van der Waals surface area contributed by atoms with Gasteiger partial charge in [0, 0.05) is 0 Å². The second-order valence-electron chi connectivity index (χ2n) is 3.17. The molecule has 0 saturated heterocycles. The molecular weight excluding hydrogens is 386 g/mol. The Morgan fingerprint density at radius 3 is 1.87 bits per heavy atom. The van der Waals surface area contributed by atoms with Gasteiger partial charge in [-0.2, -0.15) is 32.9 Å². The van der Waals surface area contributed by atoms with Crippen LogP contribution in [-0.4, -0.2) is 18.6 Å². The fourth-order valence-corrected chi connectivity index (χ4v) is 2.00. The molecule has 0 rings (SSSR count). The van der Waals surface area contributed by atoms with Crippen LogP contribution in [0.25, 0.3) is 0 Å². The van der Waals surface area contributed by atoms with Crippen LogP contribution in [0.5, 0.6) is 0 Å². The average molecular weight is 401 g/mol. The summed E-state index contributed by atoms with van der Waals surface area (Å²) in [5, 5.41) is 0.175. The predicted molar refractivity (Wildman–Crippen MR) is 55.1 cm³/mol. The number of carbonyl (C=O) groups is 1. The third kappa shape index (κ3) is 4.07. The first-order chi connectivity index (χ1) is 6.25. The van der Waals surface area contributed by atoms with Gasteiger partial charge in [-0.1, -0.05) is 6.58 Å². The molecule has 15 heavy (non-hydrogen) atoms. The van der Waals surface area contributed by atoms with Crippen LogP contribution in [0.3, 0.4) is 0 Å². The van der Waals surface area contributed by atoms with Crippen LogP contribution in [0.2, 0.25) is 0 Å². The summed E-state index contributed by atoms with van der Waals surface area (Å²) in [6.07, 6.45) is 0.980. The smallest absolute Gasteiger partial charge is 0.411 e. The van der Waals surface area contributed by atoms with Crippen molar-refractivity contribution < 1.29 is 34.3 Å². The molecule has 4 nitrogen and oxygen atoms in total. The summed E-state index contributed by atoms with van der Waals surface area (Å²) in [5.41, 5.74) is 0. The van der Waals surface area contributed by atoms with Crippen molar-refractivity contribution in [2.45, 2.75) is 27.7 Å². The van der Waals surface area contributed by atoms with Gasteiger partial charge >= 0.3 is 21.1 Å². The summed E-state index contributed by atoms with van der Waals surface area (Å²) >= 11 is 0. The van der Waals surface area contributed by atoms with Gasteiger partial charge in [0.1, 0.15) is 0 Å². The summed E-state index contributed by atoms with van der Waals surface area (Å²) in [4.78, 5) is 11.3. The molecule has 0 aromatic heterocycles. The summed E-state index contributed by atoms with van der Waals surface area (Å²) in [7, 11) is -3.66. The molecule has 0 fully saturated rings. The Morgan fingerprint density at radius 1 is 1.27 bits per heavy atom. The normalized spacial score (nSPS) is 11.1. The maximum Gasteiger partial charge on any atom is 2.00 e. The molecule has 0 radical (unpaired) electrons. The largest absolute Gasteiger partial charge is 2.00 e. The van der Waals surface area contributed by atoms with Crippen molar-refractivity contribution in [1.29, 1.82) is 0 Å². The number of hydrogen-bond donors (Lipinski definition) is 0. The SMILES string of the molecule is C=CC(=O)N([C-](C)C)S(=O)(=O)[C-](C)C.[W+2]. The second kappa shape index (κ2) is 6.43. The third-order valence-electron chi connectivity index (χ3n) is 1.54. The van der Waals surface area contributed by atoms with E-state index >= 15 is 0 Å². The van der Waals surface area contributed by atoms with Crippen LogP contribution in [-0.2, 0) is 35.9 Å². The molecule has 0 atom stereocenters. The molecule has 0 aliphatic heterocycles. The van der Waals surface area contributed by atoms with E-state index in [1.165, 1.54) is 13.8 Å². The molecule has 0 bridgehead atoms. The van der Waals surface area contributed by atoms with Crippen molar-refractivity contribution in [3.8, 4) is 0 Å². The quantitative estimate of drug-likeness (QED) is 0.530. The van der Waals surface area contributed by atoms with Crippen LogP contribution >= 0.6 is 0 Å². The number of rotatable bonds is 4. The van der Waals surface area contributed by atoms with Gasteiger partial charge in [-0.25, -0.2) is 14.5 Å². The van der Waals surface area contributed by atoms with E-state index in [1.54, 1.807) is 13.8 Å². The predicted octanol–water partition coefficient (Wildman–Crippen LogP) is 1.47. The number of hydrogen-bond acceptors (Lipinski definition) is 3. The third-order valence-corrected chi connectivity index (χ3v) is 3.59. The van der Waals surface area contributed by atoms with E-state index in [-0.39, 0.29) is 26.3 Å². The van der Waals surface area contributed by atoms with Gasteiger partial charge in [-0.05, 0) is 6.08 Å². The van der Waals surface area contributed by atoms with Gasteiger partial charge in [-0.15, -0.1) is 0 Å². The molecule has 0 aliphatic rings. The monoisotopic (exact) mass is 401 g/mol. The maximum absolute atomic E-state index is 11.7. The first-order valence-corrected chi connectivity index (χ1v) is 5.51. The van der Waals surface area contributed by atoms with Crippen molar-refractivity contribution >= 4 is 15.9 Å². The molecule has 0 unspecified atom stereocenters. The van der Waals surface area contributed by atoms with Crippen LogP contribution < -0.4 is 0 Å². The standard InChI is InChI=1S/C9H15NO3S.W/c1-6-9(11)10(7(2)3)14(12,13)8(4)5;/h6H,1H2,2-5H3;/q-2;+2. The van der Waals surface area contributed by atoms with Crippen LogP contribution in [0.15, 0.2) is 12.7 Å². The molecular formula is C9H15NO3SW. The number of nitrogens with zero attached hydrogens (tertiary/aromatic N) is 1. The fraction of sp³-hybridized carbons (Fsp3) is 0.444. The zero-order valence-corrected chi connectivity index (χ0v) is 13.0. The van der Waals surface area contributed by atoms with E-state index < -0.39 is 15.9 Å². The van der Waals surface area contributed by atoms with E-state index in [4.69, 9.17) is 0 Å². The molecule has 1 amide bonds. The second-order valence-corrected chi connectivity index (χ2v) is 5.30. The topological polar surface area (TPSA) is 54.5 Å². The fourth-order valence-electron chi connectivity index (χ4n) is 0.845. The van der Waals surface area contributed by atoms with Gasteiger partial charge < -0.3 is 4.31 Å². The van der Waals surface area contributed by atoms with Crippen molar-refractivity contribution in [2.75, 3.05) is 0 Å². The van der Waals surface area contributed by atoms with Crippen molar-refractivity contribution in [3.05, 3.63) is 23.9 Å². The number of amides is 1. The van der Waals surface area contributed by atoms with Crippen molar-refractivity contribution in [1.82, 2.24) is 4.31 Å². The first kappa shape index (κ1) is 17.2. The Balaban J connectivity index is 0. The Kier molecular flexibility index (Phi) is 7.40. The minimum atomic E-state index is -3.66. The van der Waals surface area contributed by atoms with E-state index in [0.29, 0.717) is 6.04 Å². The molecule has 6 heteroatoms. The van der Waals surface area contributed by atoms with Crippen LogP contribution in [0.1, 0.15) is 27.7 Å². The van der Waals surface area contributed by atoms with Crippen molar-refractivity contribution in [3.63, 3.8) is 0 Å². The summed E-state index contributed by atoms with van der Waals surface area (Å²) < 4.78 is 24.1. The molecule has 0 aromatic carbocycles. The van der Waals surface area contributed by atoms with Gasteiger partial charge in [-0.3, -0.25) is 4.79 Å². The van der Waals surface area contributed by atoms with Crippen LogP contribution in [0, 0.1) is 11.3 Å². The molecule has 0 spiro atoms. The maximum atomic E-state index is 11.7. The van der Waals surface area contributed by atoms with E-state index in [1.807, 2.05) is 0 Å². The molecule has 0 heterocycles. The Bertz CT molecular complexity index is 322. The molecule has 0 aliphatic carbocycles. The van der Waals surface area contributed by atoms with Gasteiger partial charge in [0.2, 0.25) is 5.91 Å². The summed E-state index contributed by atoms with van der Waals surface area (Å²) in [6, 6.07) is 0.399. The molecule has 0 saturated carbocycles. The molecule has 0 aromatic rings. The van der Waals surface area contributed by atoms with Gasteiger partial charge in [0.15, 0.2) is 0 Å². The number of carbonyl (C=O) groups excluding carboxylic acids is 1.